The maximum Gasteiger partial charge on any atom is 0.317 e. The van der Waals surface area contributed by atoms with E-state index in [0.717, 1.165) is 0 Å². The maximum atomic E-state index is 10.8. The molecular weight excluding hydrogens is 116 g/mol. The van der Waals surface area contributed by atoms with Gasteiger partial charge in [0.1, 0.15) is 0 Å². The van der Waals surface area contributed by atoms with Gasteiger partial charge in [0.25, 0.3) is 0 Å². The highest BCUT2D eigenvalue weighted by atomic mass is 16.2. The van der Waals surface area contributed by atoms with Crippen molar-refractivity contribution in [3.63, 3.8) is 0 Å². The van der Waals surface area contributed by atoms with Gasteiger partial charge in [-0.15, -0.1) is 0 Å². The van der Waals surface area contributed by atoms with E-state index in [2.05, 4.69) is 5.32 Å². The van der Waals surface area contributed by atoms with E-state index in [4.69, 9.17) is 0 Å². The van der Waals surface area contributed by atoms with Crippen LogP contribution >= 0.6 is 0 Å². The minimum Gasteiger partial charge on any atom is -0.333 e. The Kier molecular flexibility index (Phi) is 1.35. The molecule has 2 amide bonds. The molecule has 0 aromatic heterocycles. The molecule has 2 atom stereocenters. The normalized spacial score (nSPS) is 35.0. The summed E-state index contributed by atoms with van der Waals surface area (Å²) in [5.74, 6) is 0. The maximum absolute atomic E-state index is 10.8. The summed E-state index contributed by atoms with van der Waals surface area (Å²) in [5.41, 5.74) is 0. The number of nitrogens with zero attached hydrogens (tertiary/aromatic N) is 1. The molecule has 1 saturated heterocycles. The molecule has 0 spiro atoms. The molecule has 52 valence electrons. The average molecular weight is 128 g/mol. The Morgan fingerprint density at radius 3 is 2.22 bits per heavy atom. The van der Waals surface area contributed by atoms with Crippen LogP contribution in [0.25, 0.3) is 0 Å². The van der Waals surface area contributed by atoms with E-state index in [1.165, 1.54) is 0 Å². The third-order valence-electron chi connectivity index (χ3n) is 2.01. The second-order valence-corrected chi connectivity index (χ2v) is 2.59. The van der Waals surface area contributed by atoms with E-state index in [-0.39, 0.29) is 6.03 Å². The van der Waals surface area contributed by atoms with Crippen molar-refractivity contribution in [2.45, 2.75) is 25.9 Å². The summed E-state index contributed by atoms with van der Waals surface area (Å²) in [4.78, 5) is 12.5. The molecule has 3 nitrogen and oxygen atoms in total. The van der Waals surface area contributed by atoms with Crippen molar-refractivity contribution < 1.29 is 4.79 Å². The van der Waals surface area contributed by atoms with E-state index in [1.807, 2.05) is 20.9 Å². The Balaban J connectivity index is 2.65. The fourth-order valence-electron chi connectivity index (χ4n) is 0.938. The van der Waals surface area contributed by atoms with Gasteiger partial charge in [0.2, 0.25) is 0 Å². The first-order chi connectivity index (χ1) is 4.13. The monoisotopic (exact) mass is 128 g/mol. The zero-order valence-electron chi connectivity index (χ0n) is 6.01. The standard InChI is InChI=1S/C6H12N2O/c1-4-5(2)8(3)6(9)7-4/h4-5H,1-3H3,(H,7,9)/t4-,5+/m1/s1. The van der Waals surface area contributed by atoms with E-state index < -0.39 is 0 Å². The Hall–Kier alpha value is -0.730. The molecular formula is C6H12N2O. The lowest BCUT2D eigenvalue weighted by atomic mass is 10.2. The fourth-order valence-corrected chi connectivity index (χ4v) is 0.938. The van der Waals surface area contributed by atoms with Crippen LogP contribution in [0.15, 0.2) is 0 Å². The molecule has 0 saturated carbocycles. The van der Waals surface area contributed by atoms with Crippen LogP contribution in [0.4, 0.5) is 4.79 Å². The number of hydrogen-bond acceptors (Lipinski definition) is 1. The number of rotatable bonds is 0. The van der Waals surface area contributed by atoms with Gasteiger partial charge in [-0.05, 0) is 13.8 Å². The van der Waals surface area contributed by atoms with Crippen molar-refractivity contribution in [3.05, 3.63) is 0 Å². The van der Waals surface area contributed by atoms with Crippen LogP contribution in [0.5, 0.6) is 0 Å². The Bertz CT molecular complexity index is 135. The number of nitrogens with one attached hydrogen (secondary N) is 1. The Labute approximate surface area is 55.0 Å². The smallest absolute Gasteiger partial charge is 0.317 e. The molecule has 1 aliphatic rings. The highest BCUT2D eigenvalue weighted by Crippen LogP contribution is 2.08. The van der Waals surface area contributed by atoms with Gasteiger partial charge in [-0.3, -0.25) is 0 Å². The van der Waals surface area contributed by atoms with E-state index >= 15 is 0 Å². The lowest BCUT2D eigenvalue weighted by Gasteiger charge is -2.14. The molecule has 0 radical (unpaired) electrons. The van der Waals surface area contributed by atoms with Gasteiger partial charge in [-0.1, -0.05) is 0 Å². The van der Waals surface area contributed by atoms with Crippen molar-refractivity contribution in [2.75, 3.05) is 7.05 Å². The van der Waals surface area contributed by atoms with Gasteiger partial charge in [-0.2, -0.15) is 0 Å². The van der Waals surface area contributed by atoms with Gasteiger partial charge in [-0.25, -0.2) is 4.79 Å². The summed E-state index contributed by atoms with van der Waals surface area (Å²) in [5, 5.41) is 2.80. The molecule has 9 heavy (non-hydrogen) atoms. The lowest BCUT2D eigenvalue weighted by molar-refractivity contribution is 0.218. The molecule has 1 aliphatic heterocycles. The van der Waals surface area contributed by atoms with Gasteiger partial charge in [0.05, 0.1) is 6.04 Å². The number of carbonyl (C=O) groups excluding carboxylic acids is 1. The summed E-state index contributed by atoms with van der Waals surface area (Å²) in [6, 6.07) is 0.662. The van der Waals surface area contributed by atoms with E-state index in [0.29, 0.717) is 12.1 Å². The summed E-state index contributed by atoms with van der Waals surface area (Å²) in [6.45, 7) is 4.04. The average Bonchev–Trinajstić information content (AvgIpc) is 1.98. The number of amides is 2. The number of urea groups is 1. The highest BCUT2D eigenvalue weighted by Gasteiger charge is 2.29. The van der Waals surface area contributed by atoms with Crippen LogP contribution in [-0.2, 0) is 0 Å². The molecule has 0 aromatic carbocycles. The molecule has 0 aliphatic carbocycles. The van der Waals surface area contributed by atoms with Crippen molar-refractivity contribution in [1.29, 1.82) is 0 Å². The minimum absolute atomic E-state index is 0.0370. The van der Waals surface area contributed by atoms with E-state index in [1.54, 1.807) is 4.90 Å². The van der Waals surface area contributed by atoms with Gasteiger partial charge >= 0.3 is 6.03 Å². The number of likely N-dealkylation sites (N-methyl/N-ethyl adjacent to an activating group) is 1. The van der Waals surface area contributed by atoms with E-state index in [9.17, 15) is 4.79 Å². The third-order valence-corrected chi connectivity index (χ3v) is 2.01. The molecule has 1 rings (SSSR count). The second-order valence-electron chi connectivity index (χ2n) is 2.59. The fraction of sp³-hybridized carbons (Fsp3) is 0.833. The zero-order valence-corrected chi connectivity index (χ0v) is 6.01. The highest BCUT2D eigenvalue weighted by molar-refractivity contribution is 5.77. The summed E-state index contributed by atoms with van der Waals surface area (Å²) in [6.07, 6.45) is 0. The van der Waals surface area contributed by atoms with Crippen LogP contribution in [-0.4, -0.2) is 30.1 Å². The molecule has 1 heterocycles. The Morgan fingerprint density at radius 2 is 2.11 bits per heavy atom. The quantitative estimate of drug-likeness (QED) is 0.503. The third kappa shape index (κ3) is 0.866. The molecule has 0 bridgehead atoms. The van der Waals surface area contributed by atoms with Gasteiger partial charge in [0, 0.05) is 13.1 Å². The van der Waals surface area contributed by atoms with Crippen molar-refractivity contribution >= 4 is 6.03 Å². The SMILES string of the molecule is C[C@H]1NC(=O)N(C)[C@H]1C. The first kappa shape index (κ1) is 6.39. The largest absolute Gasteiger partial charge is 0.333 e. The minimum atomic E-state index is 0.0370. The van der Waals surface area contributed by atoms with Crippen LogP contribution in [0.3, 0.4) is 0 Å². The van der Waals surface area contributed by atoms with Crippen molar-refractivity contribution in [1.82, 2.24) is 10.2 Å². The predicted octanol–water partition coefficient (Wildman–Crippen LogP) is 0.418. The van der Waals surface area contributed by atoms with Gasteiger partial charge in [0.15, 0.2) is 0 Å². The van der Waals surface area contributed by atoms with Crippen LogP contribution in [0.1, 0.15) is 13.8 Å². The van der Waals surface area contributed by atoms with Crippen molar-refractivity contribution in [3.8, 4) is 0 Å². The van der Waals surface area contributed by atoms with Crippen LogP contribution in [0.2, 0.25) is 0 Å². The predicted molar refractivity (Wildman–Crippen MR) is 35.2 cm³/mol. The second kappa shape index (κ2) is 1.90. The first-order valence-electron chi connectivity index (χ1n) is 3.16. The summed E-state index contributed by atoms with van der Waals surface area (Å²) in [7, 11) is 1.81. The number of carbonyl (C=O) groups is 1. The molecule has 0 aromatic rings. The van der Waals surface area contributed by atoms with Crippen LogP contribution < -0.4 is 5.32 Å². The molecule has 3 heteroatoms. The molecule has 1 fully saturated rings. The van der Waals surface area contributed by atoms with Crippen molar-refractivity contribution in [2.24, 2.45) is 0 Å². The number of hydrogen-bond donors (Lipinski definition) is 1. The summed E-state index contributed by atoms with van der Waals surface area (Å²) >= 11 is 0. The molecule has 0 unspecified atom stereocenters. The topological polar surface area (TPSA) is 32.3 Å². The van der Waals surface area contributed by atoms with Gasteiger partial charge < -0.3 is 10.2 Å². The zero-order chi connectivity index (χ0) is 7.02. The van der Waals surface area contributed by atoms with Crippen LogP contribution in [0, 0.1) is 0 Å². The summed E-state index contributed by atoms with van der Waals surface area (Å²) < 4.78 is 0. The molecule has 1 N–H and O–H groups in total. The lowest BCUT2D eigenvalue weighted by Crippen LogP contribution is -2.28. The Morgan fingerprint density at radius 1 is 1.56 bits per heavy atom. The first-order valence-corrected chi connectivity index (χ1v) is 3.16.